The molecule has 0 aliphatic carbocycles. The molecule has 0 saturated heterocycles. The Morgan fingerprint density at radius 2 is 1.83 bits per heavy atom. The molecule has 3 aromatic rings. The summed E-state index contributed by atoms with van der Waals surface area (Å²) in [6.45, 7) is 5.55. The molecule has 3 rings (SSSR count). The summed E-state index contributed by atoms with van der Waals surface area (Å²) in [6.07, 6.45) is 0. The van der Waals surface area contributed by atoms with Crippen LogP contribution in [0.15, 0.2) is 42.5 Å². The van der Waals surface area contributed by atoms with E-state index in [1.165, 1.54) is 24.4 Å². The largest absolute Gasteiger partial charge is 0.495 e. The number of hydrogen-bond acceptors (Lipinski definition) is 6. The minimum Gasteiger partial charge on any atom is -0.495 e. The number of ether oxygens (including phenoxy) is 1. The molecule has 0 spiro atoms. The number of methoxy groups -OCH3 is 1. The third kappa shape index (κ3) is 5.19. The lowest BCUT2D eigenvalue weighted by atomic mass is 10.0. The maximum Gasteiger partial charge on any atom is 0.248 e. The maximum absolute atomic E-state index is 12.5. The number of amides is 2. The Morgan fingerprint density at radius 1 is 1.10 bits per heavy atom. The van der Waals surface area contributed by atoms with Gasteiger partial charge in [0.1, 0.15) is 12.3 Å². The molecule has 9 heteroatoms. The number of nitrogens with zero attached hydrogens (tertiary/aromatic N) is 4. The molecule has 0 atom stereocenters. The highest BCUT2D eigenvalue weighted by atomic mass is 16.5. The SMILES string of the molecule is COc1ccc(NC(C)=O)cc1NC(=O)Cn1nnc(-c2ccc(C(C)C)cc2)n1. The minimum absolute atomic E-state index is 0.120. The van der Waals surface area contributed by atoms with E-state index in [1.807, 2.05) is 24.3 Å². The Morgan fingerprint density at radius 3 is 2.47 bits per heavy atom. The van der Waals surface area contributed by atoms with E-state index < -0.39 is 0 Å². The van der Waals surface area contributed by atoms with Crippen molar-refractivity contribution in [1.29, 1.82) is 0 Å². The highest BCUT2D eigenvalue weighted by molar-refractivity contribution is 5.94. The summed E-state index contributed by atoms with van der Waals surface area (Å²) in [4.78, 5) is 25.0. The van der Waals surface area contributed by atoms with Crippen molar-refractivity contribution in [3.63, 3.8) is 0 Å². The van der Waals surface area contributed by atoms with Gasteiger partial charge in [-0.25, -0.2) is 0 Å². The van der Waals surface area contributed by atoms with Crippen LogP contribution in [0.2, 0.25) is 0 Å². The molecule has 0 radical (unpaired) electrons. The summed E-state index contributed by atoms with van der Waals surface area (Å²) in [5.41, 5.74) is 3.03. The minimum atomic E-state index is -0.354. The first-order chi connectivity index (χ1) is 14.4. The third-order valence-corrected chi connectivity index (χ3v) is 4.37. The van der Waals surface area contributed by atoms with Crippen molar-refractivity contribution < 1.29 is 14.3 Å². The Labute approximate surface area is 174 Å². The predicted octanol–water partition coefficient (Wildman–Crippen LogP) is 3.07. The van der Waals surface area contributed by atoms with E-state index in [2.05, 4.69) is 39.9 Å². The molecule has 2 N–H and O–H groups in total. The zero-order valence-electron chi connectivity index (χ0n) is 17.3. The number of hydrogen-bond donors (Lipinski definition) is 2. The van der Waals surface area contributed by atoms with E-state index in [4.69, 9.17) is 4.74 Å². The van der Waals surface area contributed by atoms with Gasteiger partial charge >= 0.3 is 0 Å². The quantitative estimate of drug-likeness (QED) is 0.622. The van der Waals surface area contributed by atoms with Gasteiger partial charge < -0.3 is 15.4 Å². The molecule has 0 bridgehead atoms. The van der Waals surface area contributed by atoms with Crippen molar-refractivity contribution in [1.82, 2.24) is 20.2 Å². The molecule has 30 heavy (non-hydrogen) atoms. The van der Waals surface area contributed by atoms with Crippen LogP contribution in [0.4, 0.5) is 11.4 Å². The lowest BCUT2D eigenvalue weighted by Crippen LogP contribution is -2.21. The van der Waals surface area contributed by atoms with Crippen LogP contribution in [0.3, 0.4) is 0 Å². The number of rotatable bonds is 7. The molecule has 0 saturated carbocycles. The van der Waals surface area contributed by atoms with E-state index in [0.29, 0.717) is 28.9 Å². The average molecular weight is 408 g/mol. The van der Waals surface area contributed by atoms with Crippen molar-refractivity contribution in [2.75, 3.05) is 17.7 Å². The van der Waals surface area contributed by atoms with Crippen molar-refractivity contribution in [2.45, 2.75) is 33.2 Å². The monoisotopic (exact) mass is 408 g/mol. The van der Waals surface area contributed by atoms with E-state index in [-0.39, 0.29) is 18.4 Å². The van der Waals surface area contributed by atoms with Crippen LogP contribution in [-0.2, 0) is 16.1 Å². The first-order valence-corrected chi connectivity index (χ1v) is 9.49. The average Bonchev–Trinajstić information content (AvgIpc) is 3.16. The molecule has 2 aromatic carbocycles. The second kappa shape index (κ2) is 9.17. The van der Waals surface area contributed by atoms with Crippen LogP contribution >= 0.6 is 0 Å². The van der Waals surface area contributed by atoms with Gasteiger partial charge in [-0.05, 0) is 34.9 Å². The molecule has 1 heterocycles. The molecular formula is C21H24N6O3. The Bertz CT molecular complexity index is 1040. The van der Waals surface area contributed by atoms with Gasteiger partial charge in [0.25, 0.3) is 0 Å². The first kappa shape index (κ1) is 21.0. The van der Waals surface area contributed by atoms with E-state index >= 15 is 0 Å². The van der Waals surface area contributed by atoms with Crippen molar-refractivity contribution >= 4 is 23.2 Å². The molecule has 0 aliphatic heterocycles. The van der Waals surface area contributed by atoms with Gasteiger partial charge in [-0.15, -0.1) is 10.2 Å². The lowest BCUT2D eigenvalue weighted by molar-refractivity contribution is -0.117. The first-order valence-electron chi connectivity index (χ1n) is 9.49. The Balaban J connectivity index is 1.69. The Hall–Kier alpha value is -3.75. The highest BCUT2D eigenvalue weighted by Gasteiger charge is 2.13. The van der Waals surface area contributed by atoms with Gasteiger partial charge in [0.15, 0.2) is 0 Å². The number of benzene rings is 2. The zero-order valence-corrected chi connectivity index (χ0v) is 17.3. The van der Waals surface area contributed by atoms with Crippen LogP contribution in [0.25, 0.3) is 11.4 Å². The molecule has 156 valence electrons. The number of carbonyl (C=O) groups excluding carboxylic acids is 2. The molecule has 9 nitrogen and oxygen atoms in total. The number of tetrazole rings is 1. The van der Waals surface area contributed by atoms with Crippen LogP contribution in [-0.4, -0.2) is 39.1 Å². The van der Waals surface area contributed by atoms with E-state index in [0.717, 1.165) is 5.56 Å². The summed E-state index contributed by atoms with van der Waals surface area (Å²) in [5.74, 6) is 0.788. The van der Waals surface area contributed by atoms with E-state index in [9.17, 15) is 9.59 Å². The number of nitrogens with one attached hydrogen (secondary N) is 2. The van der Waals surface area contributed by atoms with Gasteiger partial charge in [0.2, 0.25) is 17.6 Å². The van der Waals surface area contributed by atoms with Crippen LogP contribution in [0.1, 0.15) is 32.3 Å². The van der Waals surface area contributed by atoms with Crippen LogP contribution < -0.4 is 15.4 Å². The van der Waals surface area contributed by atoms with Gasteiger partial charge in [-0.3, -0.25) is 9.59 Å². The van der Waals surface area contributed by atoms with Gasteiger partial charge in [-0.1, -0.05) is 38.1 Å². The van der Waals surface area contributed by atoms with Crippen molar-refractivity contribution in [3.05, 3.63) is 48.0 Å². The fourth-order valence-corrected chi connectivity index (χ4v) is 2.85. The van der Waals surface area contributed by atoms with Crippen LogP contribution in [0, 0.1) is 0 Å². The maximum atomic E-state index is 12.5. The fourth-order valence-electron chi connectivity index (χ4n) is 2.85. The lowest BCUT2D eigenvalue weighted by Gasteiger charge is -2.12. The van der Waals surface area contributed by atoms with Crippen molar-refractivity contribution in [2.24, 2.45) is 0 Å². The summed E-state index contributed by atoms with van der Waals surface area (Å²) < 4.78 is 5.27. The zero-order chi connectivity index (χ0) is 21.7. The molecule has 0 fully saturated rings. The Kier molecular flexibility index (Phi) is 6.41. The number of aromatic nitrogens is 4. The topological polar surface area (TPSA) is 111 Å². The second-order valence-corrected chi connectivity index (χ2v) is 7.06. The molecular weight excluding hydrogens is 384 g/mol. The second-order valence-electron chi connectivity index (χ2n) is 7.06. The van der Waals surface area contributed by atoms with Gasteiger partial charge in [-0.2, -0.15) is 4.80 Å². The van der Waals surface area contributed by atoms with Crippen molar-refractivity contribution in [3.8, 4) is 17.1 Å². The third-order valence-electron chi connectivity index (χ3n) is 4.37. The molecule has 0 unspecified atom stereocenters. The molecule has 0 aliphatic rings. The van der Waals surface area contributed by atoms with Crippen LogP contribution in [0.5, 0.6) is 5.75 Å². The smallest absolute Gasteiger partial charge is 0.248 e. The summed E-state index contributed by atoms with van der Waals surface area (Å²) in [7, 11) is 1.50. The molecule has 2 amide bonds. The summed E-state index contributed by atoms with van der Waals surface area (Å²) in [6, 6.07) is 12.9. The normalized spacial score (nSPS) is 10.7. The molecule has 1 aromatic heterocycles. The van der Waals surface area contributed by atoms with Gasteiger partial charge in [0.05, 0.1) is 12.8 Å². The predicted molar refractivity (Wildman–Crippen MR) is 113 cm³/mol. The number of carbonyl (C=O) groups is 2. The summed E-state index contributed by atoms with van der Waals surface area (Å²) in [5, 5.41) is 17.7. The number of anilines is 2. The fraction of sp³-hybridized carbons (Fsp3) is 0.286. The van der Waals surface area contributed by atoms with Gasteiger partial charge in [0, 0.05) is 18.2 Å². The standard InChI is InChI=1S/C21H24N6O3/c1-13(2)15-5-7-16(8-6-15)21-24-26-27(25-21)12-20(29)23-18-11-17(22-14(3)28)9-10-19(18)30-4/h5-11,13H,12H2,1-4H3,(H,22,28)(H,23,29). The highest BCUT2D eigenvalue weighted by Crippen LogP contribution is 2.28. The van der Waals surface area contributed by atoms with E-state index in [1.54, 1.807) is 18.2 Å². The summed E-state index contributed by atoms with van der Waals surface area (Å²) >= 11 is 0.